The predicted molar refractivity (Wildman–Crippen MR) is 62.0 cm³/mol. The van der Waals surface area contributed by atoms with E-state index in [1.54, 1.807) is 7.11 Å². The van der Waals surface area contributed by atoms with Crippen molar-refractivity contribution in [1.82, 2.24) is 0 Å². The first-order valence-corrected chi connectivity index (χ1v) is 5.72. The lowest BCUT2D eigenvalue weighted by molar-refractivity contribution is 0.408. The number of rotatable bonds is 5. The van der Waals surface area contributed by atoms with Crippen LogP contribution in [0, 0.1) is 11.2 Å². The predicted octanol–water partition coefficient (Wildman–Crippen LogP) is 2.51. The fourth-order valence-corrected chi connectivity index (χ4v) is 2.20. The smallest absolute Gasteiger partial charge is 0.130 e. The van der Waals surface area contributed by atoms with Crippen LogP contribution in [0.15, 0.2) is 18.2 Å². The first-order chi connectivity index (χ1) is 7.69. The molecule has 2 rings (SSSR count). The SMILES string of the molecule is COc1ccc(CC2(CCN)CC2)c(F)c1. The van der Waals surface area contributed by atoms with Crippen molar-refractivity contribution in [3.63, 3.8) is 0 Å². The zero-order valence-electron chi connectivity index (χ0n) is 9.63. The highest BCUT2D eigenvalue weighted by atomic mass is 19.1. The number of ether oxygens (including phenoxy) is 1. The van der Waals surface area contributed by atoms with E-state index in [-0.39, 0.29) is 11.2 Å². The summed E-state index contributed by atoms with van der Waals surface area (Å²) in [5, 5.41) is 0. The summed E-state index contributed by atoms with van der Waals surface area (Å²) in [6, 6.07) is 5.09. The zero-order chi connectivity index (χ0) is 11.6. The number of nitrogens with two attached hydrogens (primary N) is 1. The fraction of sp³-hybridized carbons (Fsp3) is 0.538. The van der Waals surface area contributed by atoms with Crippen molar-refractivity contribution in [3.05, 3.63) is 29.6 Å². The molecule has 2 N–H and O–H groups in total. The minimum Gasteiger partial charge on any atom is -0.497 e. The van der Waals surface area contributed by atoms with Gasteiger partial charge in [-0.25, -0.2) is 4.39 Å². The Kier molecular flexibility index (Phi) is 3.15. The van der Waals surface area contributed by atoms with Gasteiger partial charge in [0.1, 0.15) is 11.6 Å². The van der Waals surface area contributed by atoms with Crippen LogP contribution in [-0.2, 0) is 6.42 Å². The molecule has 1 aliphatic rings. The van der Waals surface area contributed by atoms with Gasteiger partial charge in [-0.1, -0.05) is 6.07 Å². The molecule has 3 heteroatoms. The molecule has 0 unspecified atom stereocenters. The van der Waals surface area contributed by atoms with Gasteiger partial charge in [0, 0.05) is 6.07 Å². The van der Waals surface area contributed by atoms with Crippen LogP contribution in [0.1, 0.15) is 24.8 Å². The van der Waals surface area contributed by atoms with Crippen LogP contribution in [0.4, 0.5) is 4.39 Å². The van der Waals surface area contributed by atoms with Gasteiger partial charge in [0.25, 0.3) is 0 Å². The van der Waals surface area contributed by atoms with Gasteiger partial charge in [-0.15, -0.1) is 0 Å². The van der Waals surface area contributed by atoms with Crippen molar-refractivity contribution in [2.45, 2.75) is 25.7 Å². The standard InChI is InChI=1S/C13H18FNO/c1-16-11-3-2-10(12(14)8-11)9-13(4-5-13)6-7-15/h2-3,8H,4-7,9,15H2,1H3. The summed E-state index contributed by atoms with van der Waals surface area (Å²) in [7, 11) is 1.55. The van der Waals surface area contributed by atoms with Crippen LogP contribution in [0.5, 0.6) is 5.75 Å². The zero-order valence-corrected chi connectivity index (χ0v) is 9.63. The summed E-state index contributed by atoms with van der Waals surface area (Å²) in [5.41, 5.74) is 6.64. The molecule has 0 amide bonds. The minimum absolute atomic E-state index is 0.164. The van der Waals surface area contributed by atoms with Crippen molar-refractivity contribution >= 4 is 0 Å². The number of benzene rings is 1. The Balaban J connectivity index is 2.10. The molecule has 0 saturated heterocycles. The van der Waals surface area contributed by atoms with Crippen LogP contribution in [0.2, 0.25) is 0 Å². The molecule has 0 bridgehead atoms. The highest BCUT2D eigenvalue weighted by Crippen LogP contribution is 2.51. The second kappa shape index (κ2) is 4.42. The van der Waals surface area contributed by atoms with Gasteiger partial charge in [0.2, 0.25) is 0 Å². The molecule has 1 aromatic rings. The maximum atomic E-state index is 13.7. The van der Waals surface area contributed by atoms with Gasteiger partial charge in [0.05, 0.1) is 7.11 Å². The van der Waals surface area contributed by atoms with Crippen molar-refractivity contribution in [3.8, 4) is 5.75 Å². The largest absolute Gasteiger partial charge is 0.497 e. The fourth-order valence-electron chi connectivity index (χ4n) is 2.20. The van der Waals surface area contributed by atoms with Crippen LogP contribution in [0.25, 0.3) is 0 Å². The second-order valence-corrected chi connectivity index (χ2v) is 4.67. The number of hydrogen-bond acceptors (Lipinski definition) is 2. The van der Waals surface area contributed by atoms with Crippen LogP contribution >= 0.6 is 0 Å². The van der Waals surface area contributed by atoms with Gasteiger partial charge in [-0.2, -0.15) is 0 Å². The Labute approximate surface area is 95.6 Å². The van der Waals surface area contributed by atoms with E-state index in [1.165, 1.54) is 18.9 Å². The molecule has 0 spiro atoms. The molecule has 0 heterocycles. The van der Waals surface area contributed by atoms with Crippen molar-refractivity contribution in [1.29, 1.82) is 0 Å². The second-order valence-electron chi connectivity index (χ2n) is 4.67. The van der Waals surface area contributed by atoms with Gasteiger partial charge >= 0.3 is 0 Å². The molecule has 1 aromatic carbocycles. The molecule has 16 heavy (non-hydrogen) atoms. The Morgan fingerprint density at radius 1 is 1.44 bits per heavy atom. The van der Waals surface area contributed by atoms with Gasteiger partial charge < -0.3 is 10.5 Å². The highest BCUT2D eigenvalue weighted by Gasteiger charge is 2.41. The topological polar surface area (TPSA) is 35.2 Å². The molecule has 1 saturated carbocycles. The molecular weight excluding hydrogens is 205 g/mol. The Hall–Kier alpha value is -1.09. The first kappa shape index (κ1) is 11.4. The molecule has 1 fully saturated rings. The van der Waals surface area contributed by atoms with Gasteiger partial charge in [0.15, 0.2) is 0 Å². The van der Waals surface area contributed by atoms with Crippen molar-refractivity contribution in [2.75, 3.05) is 13.7 Å². The molecule has 0 aliphatic heterocycles. The van der Waals surface area contributed by atoms with E-state index in [2.05, 4.69) is 0 Å². The maximum absolute atomic E-state index is 13.7. The summed E-state index contributed by atoms with van der Waals surface area (Å²) in [4.78, 5) is 0. The van der Waals surface area contributed by atoms with Crippen molar-refractivity contribution in [2.24, 2.45) is 11.1 Å². The van der Waals surface area contributed by atoms with Crippen LogP contribution in [-0.4, -0.2) is 13.7 Å². The first-order valence-electron chi connectivity index (χ1n) is 5.72. The van der Waals surface area contributed by atoms with E-state index in [1.807, 2.05) is 12.1 Å². The quantitative estimate of drug-likeness (QED) is 0.832. The Morgan fingerprint density at radius 3 is 2.69 bits per heavy atom. The van der Waals surface area contributed by atoms with E-state index in [9.17, 15) is 4.39 Å². The maximum Gasteiger partial charge on any atom is 0.130 e. The summed E-state index contributed by atoms with van der Waals surface area (Å²) < 4.78 is 18.7. The van der Waals surface area contributed by atoms with E-state index >= 15 is 0 Å². The average molecular weight is 223 g/mol. The lowest BCUT2D eigenvalue weighted by Crippen LogP contribution is -2.12. The van der Waals surface area contributed by atoms with E-state index < -0.39 is 0 Å². The van der Waals surface area contributed by atoms with E-state index in [4.69, 9.17) is 10.5 Å². The van der Waals surface area contributed by atoms with Crippen molar-refractivity contribution < 1.29 is 9.13 Å². The number of halogens is 1. The Bertz CT molecular complexity index is 374. The number of hydrogen-bond donors (Lipinski definition) is 1. The lowest BCUT2D eigenvalue weighted by Gasteiger charge is -2.14. The summed E-state index contributed by atoms with van der Waals surface area (Å²) >= 11 is 0. The molecule has 2 nitrogen and oxygen atoms in total. The molecule has 0 aromatic heterocycles. The van der Waals surface area contributed by atoms with E-state index in [0.29, 0.717) is 12.3 Å². The summed E-state index contributed by atoms with van der Waals surface area (Å²) in [6.45, 7) is 0.692. The minimum atomic E-state index is -0.164. The highest BCUT2D eigenvalue weighted by molar-refractivity contribution is 5.30. The Morgan fingerprint density at radius 2 is 2.19 bits per heavy atom. The van der Waals surface area contributed by atoms with Crippen LogP contribution in [0.3, 0.4) is 0 Å². The molecular formula is C13H18FNO. The third-order valence-electron chi connectivity index (χ3n) is 3.46. The third-order valence-corrected chi connectivity index (χ3v) is 3.46. The summed E-state index contributed by atoms with van der Waals surface area (Å²) in [5.74, 6) is 0.410. The monoisotopic (exact) mass is 223 g/mol. The van der Waals surface area contributed by atoms with Crippen LogP contribution < -0.4 is 10.5 Å². The normalized spacial score (nSPS) is 17.2. The lowest BCUT2D eigenvalue weighted by atomic mass is 9.93. The molecule has 1 aliphatic carbocycles. The molecule has 0 atom stereocenters. The molecule has 0 radical (unpaired) electrons. The van der Waals surface area contributed by atoms with E-state index in [0.717, 1.165) is 18.4 Å². The van der Waals surface area contributed by atoms with Gasteiger partial charge in [-0.3, -0.25) is 0 Å². The third kappa shape index (κ3) is 2.35. The van der Waals surface area contributed by atoms with Gasteiger partial charge in [-0.05, 0) is 49.3 Å². The average Bonchev–Trinajstić information content (AvgIpc) is 3.02. The summed E-state index contributed by atoms with van der Waals surface area (Å²) in [6.07, 6.45) is 4.16. The molecule has 88 valence electrons. The number of methoxy groups -OCH3 is 1.